The van der Waals surface area contributed by atoms with E-state index in [0.717, 1.165) is 39.4 Å². The predicted octanol–water partition coefficient (Wildman–Crippen LogP) is 8.72. The van der Waals surface area contributed by atoms with Crippen LogP contribution in [0.3, 0.4) is 0 Å². The van der Waals surface area contributed by atoms with E-state index in [1.807, 2.05) is 0 Å². The third-order valence-electron chi connectivity index (χ3n) is 7.63. The normalized spacial score (nSPS) is 17.1. The number of nitrogens with zero attached hydrogens (tertiary/aromatic N) is 2. The molecular formula is C33H38N2P2. The molecule has 0 bridgehead atoms. The number of para-hydroxylation sites is 2. The quantitative estimate of drug-likeness (QED) is 0.250. The molecule has 0 saturated heterocycles. The second kappa shape index (κ2) is 9.41. The molecule has 0 saturated carbocycles. The van der Waals surface area contributed by atoms with Gasteiger partial charge in [0.1, 0.15) is 0 Å². The lowest BCUT2D eigenvalue weighted by Crippen LogP contribution is -2.32. The van der Waals surface area contributed by atoms with Crippen molar-refractivity contribution in [3.8, 4) is 0 Å². The molecule has 0 N–H and O–H groups in total. The van der Waals surface area contributed by atoms with Crippen molar-refractivity contribution in [1.82, 2.24) is 9.97 Å². The fourth-order valence-corrected chi connectivity index (χ4v) is 6.82. The van der Waals surface area contributed by atoms with Gasteiger partial charge in [-0.05, 0) is 52.4 Å². The van der Waals surface area contributed by atoms with Gasteiger partial charge < -0.3 is 0 Å². The molecule has 2 heterocycles. The summed E-state index contributed by atoms with van der Waals surface area (Å²) >= 11 is 0. The topological polar surface area (TPSA) is 25.8 Å². The minimum absolute atomic E-state index is 0.0269. The highest BCUT2D eigenvalue weighted by molar-refractivity contribution is 7.19. The monoisotopic (exact) mass is 524 g/mol. The van der Waals surface area contributed by atoms with E-state index in [9.17, 15) is 0 Å². The molecule has 3 atom stereocenters. The maximum atomic E-state index is 5.29. The highest BCUT2D eigenvalue weighted by Crippen LogP contribution is 2.58. The van der Waals surface area contributed by atoms with Crippen molar-refractivity contribution in [2.24, 2.45) is 16.7 Å². The first-order valence-electron chi connectivity index (χ1n) is 13.1. The minimum atomic E-state index is -0.598. The molecule has 190 valence electrons. The highest BCUT2D eigenvalue weighted by Gasteiger charge is 2.47. The van der Waals surface area contributed by atoms with Crippen LogP contribution in [0.15, 0.2) is 95.6 Å². The Balaban J connectivity index is 1.90. The van der Waals surface area contributed by atoms with Gasteiger partial charge in [0.25, 0.3) is 0 Å². The van der Waals surface area contributed by atoms with Crippen LogP contribution in [0.5, 0.6) is 0 Å². The summed E-state index contributed by atoms with van der Waals surface area (Å²) in [6.45, 7) is 14.1. The Morgan fingerprint density at radius 3 is 1.62 bits per heavy atom. The van der Waals surface area contributed by atoms with E-state index in [0.29, 0.717) is 5.92 Å². The second-order valence-corrected chi connectivity index (χ2v) is 13.6. The van der Waals surface area contributed by atoms with Crippen LogP contribution in [0, 0.1) is 16.7 Å². The van der Waals surface area contributed by atoms with Crippen molar-refractivity contribution in [3.63, 3.8) is 0 Å². The first-order valence-corrected chi connectivity index (χ1v) is 14.5. The van der Waals surface area contributed by atoms with Gasteiger partial charge in [-0.3, -0.25) is 9.97 Å². The zero-order chi connectivity index (χ0) is 26.6. The fourth-order valence-electron chi connectivity index (χ4n) is 5.82. The Morgan fingerprint density at radius 2 is 1.19 bits per heavy atom. The molecule has 1 aliphatic rings. The number of pyridine rings is 2. The van der Waals surface area contributed by atoms with Gasteiger partial charge in [-0.15, -0.1) is 18.5 Å². The number of hydrogen-bond acceptors (Lipinski definition) is 2. The summed E-state index contributed by atoms with van der Waals surface area (Å²) in [7, 11) is 6.24. The molecule has 0 aliphatic heterocycles. The first kappa shape index (κ1) is 26.2. The first-order chi connectivity index (χ1) is 17.4. The Kier molecular flexibility index (Phi) is 6.67. The molecule has 0 amide bonds. The molecule has 0 spiro atoms. The van der Waals surface area contributed by atoms with Gasteiger partial charge in [0.05, 0.1) is 27.6 Å². The number of aromatic nitrogens is 2. The maximum absolute atomic E-state index is 5.29. The van der Waals surface area contributed by atoms with Crippen LogP contribution in [0.2, 0.25) is 0 Å². The Bertz CT molecular complexity index is 1470. The molecule has 5 rings (SSSR count). The summed E-state index contributed by atoms with van der Waals surface area (Å²) < 4.78 is 0. The number of fused-ring (bicyclic) bond motifs is 2. The summed E-state index contributed by atoms with van der Waals surface area (Å²) in [6.07, 6.45) is 3.41. The van der Waals surface area contributed by atoms with Crippen molar-refractivity contribution in [2.75, 3.05) is 6.16 Å². The van der Waals surface area contributed by atoms with E-state index in [4.69, 9.17) is 9.97 Å². The van der Waals surface area contributed by atoms with Gasteiger partial charge in [-0.2, -0.15) is 0 Å². The molecule has 2 aromatic carbocycles. The molecule has 2 nitrogen and oxygen atoms in total. The van der Waals surface area contributed by atoms with Gasteiger partial charge in [0, 0.05) is 16.7 Å². The van der Waals surface area contributed by atoms with Crippen molar-refractivity contribution in [3.05, 3.63) is 107 Å². The van der Waals surface area contributed by atoms with Crippen LogP contribution in [0.4, 0.5) is 0 Å². The van der Waals surface area contributed by atoms with Crippen molar-refractivity contribution >= 4 is 40.3 Å². The van der Waals surface area contributed by atoms with E-state index in [1.165, 1.54) is 16.7 Å². The maximum Gasteiger partial charge on any atom is 0.0936 e. The van der Waals surface area contributed by atoms with E-state index in [1.54, 1.807) is 0 Å². The van der Waals surface area contributed by atoms with Crippen LogP contribution in [0.25, 0.3) is 21.8 Å². The van der Waals surface area contributed by atoms with Gasteiger partial charge in [-0.25, -0.2) is 0 Å². The molecule has 2 aromatic heterocycles. The van der Waals surface area contributed by atoms with Gasteiger partial charge in [0.2, 0.25) is 0 Å². The third kappa shape index (κ3) is 4.58. The minimum Gasteiger partial charge on any atom is -0.251 e. The molecule has 0 radical (unpaired) electrons. The summed E-state index contributed by atoms with van der Waals surface area (Å²) in [5.74, 6) is 0.332. The van der Waals surface area contributed by atoms with Crippen molar-refractivity contribution < 1.29 is 0 Å². The van der Waals surface area contributed by atoms with Gasteiger partial charge in [-0.1, -0.05) is 102 Å². The lowest BCUT2D eigenvalue weighted by molar-refractivity contribution is 0.289. The van der Waals surface area contributed by atoms with E-state index in [2.05, 4.69) is 139 Å². The summed E-state index contributed by atoms with van der Waals surface area (Å²) in [5, 5.41) is 1.70. The lowest BCUT2D eigenvalue weighted by atomic mass is 9.67. The average Bonchev–Trinajstić information content (AvgIpc) is 3.29. The van der Waals surface area contributed by atoms with Crippen LogP contribution in [-0.2, 0) is 5.16 Å². The standard InChI is InChI=1S/C33H38N2P2/c1-31(2,3)24-19-23(20-36)29(30(24)32(4,5)6)33(37,27-17-15-21-11-7-9-13-25(21)34-27)28-18-16-22-12-8-10-14-26(22)35-28/h7-19,24H,20,36-37H2,1-6H3. The predicted molar refractivity (Wildman–Crippen MR) is 166 cm³/mol. The lowest BCUT2D eigenvalue weighted by Gasteiger charge is -2.40. The molecule has 4 heteroatoms. The number of rotatable bonds is 4. The van der Waals surface area contributed by atoms with Gasteiger partial charge >= 0.3 is 0 Å². The smallest absolute Gasteiger partial charge is 0.0936 e. The summed E-state index contributed by atoms with van der Waals surface area (Å²) in [4.78, 5) is 10.6. The zero-order valence-electron chi connectivity index (χ0n) is 22.8. The number of allylic oxidation sites excluding steroid dienone is 4. The Hall–Kier alpha value is -2.40. The Labute approximate surface area is 226 Å². The molecule has 37 heavy (non-hydrogen) atoms. The van der Waals surface area contributed by atoms with Crippen LogP contribution in [-0.4, -0.2) is 16.1 Å². The van der Waals surface area contributed by atoms with Gasteiger partial charge in [0.15, 0.2) is 0 Å². The molecule has 0 fully saturated rings. The van der Waals surface area contributed by atoms with Crippen LogP contribution >= 0.6 is 18.5 Å². The highest BCUT2D eigenvalue weighted by atomic mass is 31.0. The zero-order valence-corrected chi connectivity index (χ0v) is 25.1. The van der Waals surface area contributed by atoms with E-state index < -0.39 is 5.16 Å². The number of hydrogen-bond donors (Lipinski definition) is 0. The summed E-state index contributed by atoms with van der Waals surface area (Å²) in [5.41, 5.74) is 8.30. The Morgan fingerprint density at radius 1 is 0.703 bits per heavy atom. The molecule has 4 aromatic rings. The van der Waals surface area contributed by atoms with Crippen LogP contribution in [0.1, 0.15) is 52.9 Å². The largest absolute Gasteiger partial charge is 0.251 e. The second-order valence-electron chi connectivity index (χ2n) is 12.4. The third-order valence-corrected chi connectivity index (χ3v) is 8.95. The fraction of sp³-hybridized carbons (Fsp3) is 0.333. The average molecular weight is 525 g/mol. The molecule has 3 unspecified atom stereocenters. The molecule has 1 aliphatic carbocycles. The SMILES string of the molecule is CC(C)(C)C1=C(C(P)(c2ccc3ccccc3n2)c2ccc3ccccc3n2)C(CP)=CC1C(C)(C)C. The molecular weight excluding hydrogens is 486 g/mol. The summed E-state index contributed by atoms with van der Waals surface area (Å²) in [6, 6.07) is 25.6. The van der Waals surface area contributed by atoms with E-state index >= 15 is 0 Å². The van der Waals surface area contributed by atoms with Crippen molar-refractivity contribution in [2.45, 2.75) is 46.7 Å². The van der Waals surface area contributed by atoms with Crippen LogP contribution < -0.4 is 0 Å². The van der Waals surface area contributed by atoms with Crippen molar-refractivity contribution in [1.29, 1.82) is 0 Å². The number of benzene rings is 2. The van der Waals surface area contributed by atoms with E-state index in [-0.39, 0.29) is 10.8 Å².